The normalized spacial score (nSPS) is 10.9. The summed E-state index contributed by atoms with van der Waals surface area (Å²) in [6.07, 6.45) is 3.54. The summed E-state index contributed by atoms with van der Waals surface area (Å²) < 4.78 is 17.3. The molecular formula is C16H8BrFN6. The van der Waals surface area contributed by atoms with Crippen LogP contribution in [0, 0.1) is 17.1 Å². The van der Waals surface area contributed by atoms with E-state index in [4.69, 9.17) is 5.26 Å². The third kappa shape index (κ3) is 2.35. The molecule has 4 rings (SSSR count). The Labute approximate surface area is 144 Å². The standard InChI is InChI=1S/C16H8BrFN6/c17-13-8-20-15-6-1-10(9-23(13)15)16-21-14(7-19)22-24(16)12-4-2-11(18)3-5-12/h1-6,8-9H. The number of aromatic nitrogens is 5. The Balaban J connectivity index is 1.93. The van der Waals surface area contributed by atoms with E-state index in [1.54, 1.807) is 18.3 Å². The topological polar surface area (TPSA) is 71.8 Å². The molecule has 8 heteroatoms. The van der Waals surface area contributed by atoms with Crippen molar-refractivity contribution in [1.29, 1.82) is 5.26 Å². The van der Waals surface area contributed by atoms with Crippen LogP contribution in [0.3, 0.4) is 0 Å². The van der Waals surface area contributed by atoms with Crippen molar-refractivity contribution in [3.63, 3.8) is 0 Å². The van der Waals surface area contributed by atoms with Crippen LogP contribution in [0.25, 0.3) is 22.7 Å². The third-order valence-electron chi connectivity index (χ3n) is 3.50. The first-order valence-electron chi connectivity index (χ1n) is 6.92. The number of imidazole rings is 1. The molecule has 0 fully saturated rings. The van der Waals surface area contributed by atoms with E-state index < -0.39 is 0 Å². The van der Waals surface area contributed by atoms with Crippen LogP contribution in [-0.2, 0) is 0 Å². The van der Waals surface area contributed by atoms with Gasteiger partial charge >= 0.3 is 0 Å². The van der Waals surface area contributed by atoms with Crippen molar-refractivity contribution in [2.75, 3.05) is 0 Å². The number of halogens is 2. The highest BCUT2D eigenvalue weighted by atomic mass is 79.9. The fraction of sp³-hybridized carbons (Fsp3) is 0. The molecule has 0 N–H and O–H groups in total. The molecule has 24 heavy (non-hydrogen) atoms. The Morgan fingerprint density at radius 1 is 1.12 bits per heavy atom. The number of rotatable bonds is 2. The molecule has 0 radical (unpaired) electrons. The number of hydrogen-bond acceptors (Lipinski definition) is 4. The van der Waals surface area contributed by atoms with Crippen LogP contribution in [0.4, 0.5) is 4.39 Å². The Kier molecular flexibility index (Phi) is 3.36. The van der Waals surface area contributed by atoms with Gasteiger partial charge in [-0.15, -0.1) is 5.10 Å². The van der Waals surface area contributed by atoms with Gasteiger partial charge in [-0.2, -0.15) is 10.2 Å². The molecule has 0 atom stereocenters. The summed E-state index contributed by atoms with van der Waals surface area (Å²) in [5.74, 6) is 0.185. The van der Waals surface area contributed by atoms with Crippen LogP contribution in [-0.4, -0.2) is 24.1 Å². The van der Waals surface area contributed by atoms with Crippen molar-refractivity contribution in [2.45, 2.75) is 0 Å². The summed E-state index contributed by atoms with van der Waals surface area (Å²) in [5.41, 5.74) is 2.14. The third-order valence-corrected chi connectivity index (χ3v) is 4.08. The zero-order valence-electron chi connectivity index (χ0n) is 12.1. The molecule has 3 heterocycles. The summed E-state index contributed by atoms with van der Waals surface area (Å²) in [4.78, 5) is 8.51. The molecule has 3 aromatic heterocycles. The molecule has 4 aromatic rings. The van der Waals surface area contributed by atoms with Gasteiger partial charge in [0.2, 0.25) is 0 Å². The average molecular weight is 383 g/mol. The molecule has 0 spiro atoms. The van der Waals surface area contributed by atoms with E-state index in [0.717, 1.165) is 15.8 Å². The summed E-state index contributed by atoms with van der Waals surface area (Å²) >= 11 is 3.43. The minimum absolute atomic E-state index is 0.0409. The van der Waals surface area contributed by atoms with Crippen molar-refractivity contribution in [2.24, 2.45) is 0 Å². The molecule has 116 valence electrons. The largest absolute Gasteiger partial charge is 0.293 e. The smallest absolute Gasteiger partial charge is 0.253 e. The zero-order valence-corrected chi connectivity index (χ0v) is 13.6. The predicted octanol–water partition coefficient (Wildman–Crippen LogP) is 3.36. The minimum Gasteiger partial charge on any atom is -0.293 e. The van der Waals surface area contributed by atoms with E-state index in [1.807, 2.05) is 28.8 Å². The number of nitrogens with zero attached hydrogens (tertiary/aromatic N) is 6. The van der Waals surface area contributed by atoms with Crippen LogP contribution in [0.5, 0.6) is 0 Å². The van der Waals surface area contributed by atoms with Gasteiger partial charge < -0.3 is 0 Å². The predicted molar refractivity (Wildman–Crippen MR) is 87.9 cm³/mol. The molecule has 0 bridgehead atoms. The molecule has 1 aromatic carbocycles. The Hall–Kier alpha value is -3.05. The number of pyridine rings is 1. The Morgan fingerprint density at radius 3 is 2.67 bits per heavy atom. The quantitative estimate of drug-likeness (QED) is 0.532. The maximum absolute atomic E-state index is 13.2. The van der Waals surface area contributed by atoms with Gasteiger partial charge in [0.15, 0.2) is 5.82 Å². The van der Waals surface area contributed by atoms with Crippen molar-refractivity contribution in [1.82, 2.24) is 24.1 Å². The summed E-state index contributed by atoms with van der Waals surface area (Å²) in [7, 11) is 0. The van der Waals surface area contributed by atoms with E-state index in [1.165, 1.54) is 16.8 Å². The van der Waals surface area contributed by atoms with Crippen molar-refractivity contribution in [3.8, 4) is 23.1 Å². The van der Waals surface area contributed by atoms with E-state index in [2.05, 4.69) is 31.0 Å². The molecule has 6 nitrogen and oxygen atoms in total. The Morgan fingerprint density at radius 2 is 1.92 bits per heavy atom. The maximum atomic E-state index is 13.2. The van der Waals surface area contributed by atoms with Gasteiger partial charge in [-0.05, 0) is 52.3 Å². The highest BCUT2D eigenvalue weighted by Crippen LogP contribution is 2.23. The molecule has 0 saturated heterocycles. The molecular weight excluding hydrogens is 375 g/mol. The molecule has 0 aliphatic rings. The minimum atomic E-state index is -0.343. The first-order valence-corrected chi connectivity index (χ1v) is 7.71. The molecule has 0 saturated carbocycles. The first kappa shape index (κ1) is 14.5. The van der Waals surface area contributed by atoms with Gasteiger partial charge in [0, 0.05) is 11.8 Å². The number of nitriles is 1. The summed E-state index contributed by atoms with van der Waals surface area (Å²) in [6.45, 7) is 0. The van der Waals surface area contributed by atoms with Gasteiger partial charge in [-0.25, -0.2) is 14.1 Å². The lowest BCUT2D eigenvalue weighted by Gasteiger charge is -2.06. The van der Waals surface area contributed by atoms with Crippen molar-refractivity contribution < 1.29 is 4.39 Å². The second kappa shape index (κ2) is 5.54. The average Bonchev–Trinajstić information content (AvgIpc) is 3.19. The molecule has 0 aliphatic heterocycles. The van der Waals surface area contributed by atoms with Crippen LogP contribution < -0.4 is 0 Å². The van der Waals surface area contributed by atoms with Gasteiger partial charge in [-0.1, -0.05) is 0 Å². The molecule has 0 amide bonds. The maximum Gasteiger partial charge on any atom is 0.253 e. The lowest BCUT2D eigenvalue weighted by molar-refractivity contribution is 0.627. The second-order valence-corrected chi connectivity index (χ2v) is 5.80. The van der Waals surface area contributed by atoms with Crippen molar-refractivity contribution >= 4 is 21.6 Å². The van der Waals surface area contributed by atoms with E-state index >= 15 is 0 Å². The van der Waals surface area contributed by atoms with Crippen LogP contribution in [0.1, 0.15) is 5.82 Å². The fourth-order valence-corrected chi connectivity index (χ4v) is 2.78. The second-order valence-electron chi connectivity index (χ2n) is 4.99. The van der Waals surface area contributed by atoms with E-state index in [0.29, 0.717) is 11.5 Å². The molecule has 0 unspecified atom stereocenters. The van der Waals surface area contributed by atoms with Crippen molar-refractivity contribution in [3.05, 3.63) is 65.0 Å². The Bertz CT molecular complexity index is 1090. The number of hydrogen-bond donors (Lipinski definition) is 0. The van der Waals surface area contributed by atoms with Gasteiger partial charge in [-0.3, -0.25) is 4.40 Å². The molecule has 0 aliphatic carbocycles. The summed E-state index contributed by atoms with van der Waals surface area (Å²) in [6, 6.07) is 11.5. The number of benzene rings is 1. The van der Waals surface area contributed by atoms with Crippen LogP contribution >= 0.6 is 15.9 Å². The van der Waals surface area contributed by atoms with Crippen LogP contribution in [0.15, 0.2) is 53.4 Å². The fourth-order valence-electron chi connectivity index (χ4n) is 2.39. The SMILES string of the molecule is N#Cc1nc(-c2ccc3ncc(Br)n3c2)n(-c2ccc(F)cc2)n1. The summed E-state index contributed by atoms with van der Waals surface area (Å²) in [5, 5.41) is 13.3. The van der Waals surface area contributed by atoms with E-state index in [9.17, 15) is 4.39 Å². The highest BCUT2D eigenvalue weighted by molar-refractivity contribution is 9.10. The highest BCUT2D eigenvalue weighted by Gasteiger charge is 2.15. The monoisotopic (exact) mass is 382 g/mol. The first-order chi connectivity index (χ1) is 11.7. The van der Waals surface area contributed by atoms with E-state index in [-0.39, 0.29) is 11.6 Å². The van der Waals surface area contributed by atoms with Gasteiger partial charge in [0.25, 0.3) is 5.82 Å². The zero-order chi connectivity index (χ0) is 16.7. The lowest BCUT2D eigenvalue weighted by atomic mass is 10.2. The lowest BCUT2D eigenvalue weighted by Crippen LogP contribution is -2.00. The van der Waals surface area contributed by atoms with Crippen LogP contribution in [0.2, 0.25) is 0 Å². The van der Waals surface area contributed by atoms with Gasteiger partial charge in [0.05, 0.1) is 11.9 Å². The van der Waals surface area contributed by atoms with Gasteiger partial charge in [0.1, 0.15) is 22.1 Å². The number of fused-ring (bicyclic) bond motifs is 1.